The van der Waals surface area contributed by atoms with Gasteiger partial charge >= 0.3 is 17.9 Å². The number of amides is 1. The van der Waals surface area contributed by atoms with Crippen molar-refractivity contribution in [1.29, 1.82) is 0 Å². The molecule has 0 radical (unpaired) electrons. The summed E-state index contributed by atoms with van der Waals surface area (Å²) in [5, 5.41) is 0. The molecule has 0 aliphatic heterocycles. The summed E-state index contributed by atoms with van der Waals surface area (Å²) in [7, 11) is 0. The molecule has 4 saturated carbocycles. The van der Waals surface area contributed by atoms with Crippen molar-refractivity contribution in [2.24, 2.45) is 52.3 Å². The second-order valence-corrected chi connectivity index (χ2v) is 20.4. The van der Waals surface area contributed by atoms with E-state index in [4.69, 9.17) is 19.0 Å². The molecule has 4 aliphatic carbocycles. The molecule has 1 amide bonds. The standard InChI is InChI=1S/C55H77NO8/c1-6-14-41(18-12-15-39(2)3)36-61-53(60)44(26-31-50(57)56-64-37-42-16-8-7-9-17-42)35-40-22-24-43(25-23-40)52(59)63-38-62-51(58)21-13-20-46-28-30-48-47-29-27-45-19-10-11-33-54(45,4)49(47)32-34-55(46,48)5/h7-9,12,14,16-18,22-25,39,44-49H,6,10-11,13,15,19-21,26-38H2,1-5H3,(H,56,57)/b18-12-,41-14+. The van der Waals surface area contributed by atoms with Gasteiger partial charge in [-0.2, -0.15) is 0 Å². The van der Waals surface area contributed by atoms with Gasteiger partial charge in [0.1, 0.15) is 6.61 Å². The average Bonchev–Trinajstić information content (AvgIpc) is 3.62. The Morgan fingerprint density at radius 3 is 2.36 bits per heavy atom. The number of hydroxylamine groups is 1. The fourth-order valence-electron chi connectivity index (χ4n) is 12.4. The van der Waals surface area contributed by atoms with E-state index in [2.05, 4.69) is 39.3 Å². The van der Waals surface area contributed by atoms with Gasteiger partial charge in [0, 0.05) is 12.8 Å². The molecule has 0 bridgehead atoms. The van der Waals surface area contributed by atoms with Crippen molar-refractivity contribution in [1.82, 2.24) is 5.48 Å². The molecule has 0 saturated heterocycles. The third-order valence-electron chi connectivity index (χ3n) is 15.9. The largest absolute Gasteiger partial charge is 0.461 e. The zero-order valence-corrected chi connectivity index (χ0v) is 39.6. The lowest BCUT2D eigenvalue weighted by Crippen LogP contribution is -2.52. The van der Waals surface area contributed by atoms with Crippen LogP contribution in [0.3, 0.4) is 0 Å². The average molecular weight is 880 g/mol. The van der Waals surface area contributed by atoms with E-state index in [1.54, 1.807) is 24.3 Å². The number of esters is 3. The maximum atomic E-state index is 13.5. The second-order valence-electron chi connectivity index (χ2n) is 20.4. The maximum absolute atomic E-state index is 13.5. The quantitative estimate of drug-likeness (QED) is 0.0538. The van der Waals surface area contributed by atoms with Gasteiger partial charge in [-0.3, -0.25) is 19.2 Å². The highest BCUT2D eigenvalue weighted by Crippen LogP contribution is 2.68. The molecule has 2 aromatic carbocycles. The van der Waals surface area contributed by atoms with E-state index < -0.39 is 24.6 Å². The maximum Gasteiger partial charge on any atom is 0.340 e. The molecule has 8 unspecified atom stereocenters. The van der Waals surface area contributed by atoms with Gasteiger partial charge in [-0.1, -0.05) is 108 Å². The molecule has 0 heterocycles. The van der Waals surface area contributed by atoms with E-state index in [-0.39, 0.29) is 37.9 Å². The number of hydrogen-bond donors (Lipinski definition) is 1. The number of ether oxygens (including phenoxy) is 3. The zero-order valence-electron chi connectivity index (χ0n) is 39.6. The SMILES string of the molecule is CC/C=C(\C=C/CC(C)C)COC(=O)C(CCC(=O)NOCc1ccccc1)Cc1ccc(C(=O)OCOC(=O)CCCC2CCC3C4CCC5CCCCC5(C)C4CCC23C)cc1. The lowest BCUT2D eigenvalue weighted by atomic mass is 9.45. The van der Waals surface area contributed by atoms with Crippen molar-refractivity contribution in [3.05, 3.63) is 95.1 Å². The summed E-state index contributed by atoms with van der Waals surface area (Å²) in [6.07, 6.45) is 24.6. The molecule has 350 valence electrons. The first kappa shape index (κ1) is 49.2. The molecule has 4 fully saturated rings. The van der Waals surface area contributed by atoms with Crippen LogP contribution in [-0.2, 0) is 46.5 Å². The van der Waals surface area contributed by atoms with Crippen LogP contribution >= 0.6 is 0 Å². The molecule has 0 spiro atoms. The Hall–Kier alpha value is -4.24. The van der Waals surface area contributed by atoms with Crippen LogP contribution in [0.15, 0.2) is 78.4 Å². The predicted molar refractivity (Wildman–Crippen MR) is 250 cm³/mol. The number of fused-ring (bicyclic) bond motifs is 5. The van der Waals surface area contributed by atoms with Crippen LogP contribution in [0.1, 0.15) is 165 Å². The summed E-state index contributed by atoms with van der Waals surface area (Å²) < 4.78 is 16.5. The lowest BCUT2D eigenvalue weighted by molar-refractivity contribution is -0.152. The molecule has 64 heavy (non-hydrogen) atoms. The Morgan fingerprint density at radius 2 is 1.59 bits per heavy atom. The van der Waals surface area contributed by atoms with Crippen LogP contribution < -0.4 is 5.48 Å². The zero-order chi connectivity index (χ0) is 45.5. The summed E-state index contributed by atoms with van der Waals surface area (Å²) >= 11 is 0. The number of benzene rings is 2. The van der Waals surface area contributed by atoms with E-state index >= 15 is 0 Å². The van der Waals surface area contributed by atoms with E-state index in [1.807, 2.05) is 49.4 Å². The number of rotatable bonds is 22. The number of carbonyl (C=O) groups excluding carboxylic acids is 4. The molecule has 2 aromatic rings. The fourth-order valence-corrected chi connectivity index (χ4v) is 12.4. The molecule has 6 rings (SSSR count). The van der Waals surface area contributed by atoms with Crippen LogP contribution in [0.25, 0.3) is 0 Å². The van der Waals surface area contributed by atoms with Gasteiger partial charge in [-0.15, -0.1) is 0 Å². The van der Waals surface area contributed by atoms with Gasteiger partial charge in [0.15, 0.2) is 0 Å². The topological polar surface area (TPSA) is 117 Å². The smallest absolute Gasteiger partial charge is 0.340 e. The van der Waals surface area contributed by atoms with E-state index in [0.29, 0.717) is 41.1 Å². The third-order valence-corrected chi connectivity index (χ3v) is 15.9. The molecule has 8 atom stereocenters. The number of nitrogens with one attached hydrogen (secondary N) is 1. The van der Waals surface area contributed by atoms with E-state index in [1.165, 1.54) is 64.2 Å². The second kappa shape index (κ2) is 23.8. The minimum absolute atomic E-state index is 0.0603. The minimum Gasteiger partial charge on any atom is -0.461 e. The minimum atomic E-state index is -0.613. The first-order chi connectivity index (χ1) is 30.9. The first-order valence-electron chi connectivity index (χ1n) is 24.8. The Bertz CT molecular complexity index is 1890. The van der Waals surface area contributed by atoms with Crippen LogP contribution in [0.2, 0.25) is 0 Å². The van der Waals surface area contributed by atoms with Gasteiger partial charge in [0.2, 0.25) is 12.7 Å². The van der Waals surface area contributed by atoms with Crippen LogP contribution in [0, 0.1) is 52.3 Å². The number of hydrogen-bond acceptors (Lipinski definition) is 8. The first-order valence-corrected chi connectivity index (χ1v) is 24.8. The fraction of sp³-hybridized carbons (Fsp3) is 0.636. The molecule has 0 aromatic heterocycles. The molecule has 4 aliphatic rings. The normalized spacial score (nSPS) is 27.0. The van der Waals surface area contributed by atoms with Crippen LogP contribution in [-0.4, -0.2) is 37.2 Å². The Kier molecular flexibility index (Phi) is 18.3. The molecular weight excluding hydrogens is 803 g/mol. The van der Waals surface area contributed by atoms with Crippen LogP contribution in [0.5, 0.6) is 0 Å². The Labute approximate surface area is 383 Å². The van der Waals surface area contributed by atoms with Gasteiger partial charge < -0.3 is 14.2 Å². The molecule has 9 heteroatoms. The van der Waals surface area contributed by atoms with Gasteiger partial charge in [0.25, 0.3) is 0 Å². The van der Waals surface area contributed by atoms with E-state index in [9.17, 15) is 19.2 Å². The third kappa shape index (κ3) is 13.2. The summed E-state index contributed by atoms with van der Waals surface area (Å²) in [5.41, 5.74) is 6.38. The Balaban J connectivity index is 0.938. The van der Waals surface area contributed by atoms with Gasteiger partial charge in [-0.25, -0.2) is 10.3 Å². The lowest BCUT2D eigenvalue weighted by Gasteiger charge is -2.60. The van der Waals surface area contributed by atoms with Crippen molar-refractivity contribution in [3.63, 3.8) is 0 Å². The molecule has 9 nitrogen and oxygen atoms in total. The van der Waals surface area contributed by atoms with Crippen molar-refractivity contribution >= 4 is 23.8 Å². The number of carbonyl (C=O) groups is 4. The molecule has 1 N–H and O–H groups in total. The highest BCUT2D eigenvalue weighted by atomic mass is 16.7. The van der Waals surface area contributed by atoms with E-state index in [0.717, 1.165) is 66.1 Å². The van der Waals surface area contributed by atoms with Gasteiger partial charge in [-0.05, 0) is 165 Å². The summed E-state index contributed by atoms with van der Waals surface area (Å²) in [4.78, 5) is 57.4. The van der Waals surface area contributed by atoms with Crippen molar-refractivity contribution in [2.75, 3.05) is 13.4 Å². The molecular formula is C55H77NO8. The number of allylic oxidation sites excluding steroid dienone is 2. The van der Waals surface area contributed by atoms with Crippen molar-refractivity contribution in [2.45, 2.75) is 157 Å². The van der Waals surface area contributed by atoms with Crippen molar-refractivity contribution < 1.29 is 38.2 Å². The highest BCUT2D eigenvalue weighted by Gasteiger charge is 2.59. The predicted octanol–water partition coefficient (Wildman–Crippen LogP) is 12.2. The van der Waals surface area contributed by atoms with Crippen LogP contribution in [0.4, 0.5) is 0 Å². The van der Waals surface area contributed by atoms with Gasteiger partial charge in [0.05, 0.1) is 18.1 Å². The van der Waals surface area contributed by atoms with Crippen molar-refractivity contribution in [3.8, 4) is 0 Å². The summed E-state index contributed by atoms with van der Waals surface area (Å²) in [6.45, 7) is 11.5. The highest BCUT2D eigenvalue weighted by molar-refractivity contribution is 5.89. The summed E-state index contributed by atoms with van der Waals surface area (Å²) in [5.74, 6) is 2.45. The monoisotopic (exact) mass is 880 g/mol. The Morgan fingerprint density at radius 1 is 0.812 bits per heavy atom. The summed E-state index contributed by atoms with van der Waals surface area (Å²) in [6, 6.07) is 16.3.